The summed E-state index contributed by atoms with van der Waals surface area (Å²) in [6.45, 7) is -0.000397. The minimum absolute atomic E-state index is 0.000198. The van der Waals surface area contributed by atoms with E-state index in [2.05, 4.69) is 194 Å². The molecule has 0 saturated heterocycles. The van der Waals surface area contributed by atoms with Crippen LogP contribution in [0.15, 0.2) is 234 Å². The van der Waals surface area contributed by atoms with E-state index < -0.39 is 0 Å². The molecule has 8 heteroatoms. The standard InChI is InChI=1S/C56H32B2N2S4/c1-5-17-33(18-6-1)37-25-13-29-41-49(37)61-53-45-55(63-51-39(35-21-9-3-10-22-35)27-15-31-43(51)57(41)45)60-48-47(53)59-56-46-54(48)62-50-38(34-19-7-2-8-20-34)26-14-30-42(50)58(46)44-32-16-28-40(52(44)64-56)36-23-11-4-12-24-36/h1-32H. The van der Waals surface area contributed by atoms with Crippen molar-refractivity contribution in [3.05, 3.63) is 194 Å². The lowest BCUT2D eigenvalue weighted by Gasteiger charge is -2.37. The van der Waals surface area contributed by atoms with E-state index in [0.717, 1.165) is 21.1 Å². The summed E-state index contributed by atoms with van der Waals surface area (Å²) >= 11 is 7.49. The first kappa shape index (κ1) is 37.2. The van der Waals surface area contributed by atoms with Crippen molar-refractivity contribution in [2.24, 2.45) is 0 Å². The van der Waals surface area contributed by atoms with Gasteiger partial charge in [-0.25, -0.2) is 9.97 Å². The summed E-state index contributed by atoms with van der Waals surface area (Å²) in [7, 11) is 0. The molecule has 64 heavy (non-hydrogen) atoms. The fourth-order valence-corrected chi connectivity index (χ4v) is 15.8. The second kappa shape index (κ2) is 14.7. The summed E-state index contributed by atoms with van der Waals surface area (Å²) in [4.78, 5) is 19.4. The predicted molar refractivity (Wildman–Crippen MR) is 273 cm³/mol. The topological polar surface area (TPSA) is 25.8 Å². The molecule has 296 valence electrons. The van der Waals surface area contributed by atoms with Gasteiger partial charge in [0.15, 0.2) is 0 Å². The van der Waals surface area contributed by atoms with Gasteiger partial charge >= 0.3 is 0 Å². The molecule has 0 fully saturated rings. The monoisotopic (exact) mass is 882 g/mol. The molecule has 0 N–H and O–H groups in total. The van der Waals surface area contributed by atoms with Crippen LogP contribution in [0.3, 0.4) is 0 Å². The van der Waals surface area contributed by atoms with Gasteiger partial charge in [-0.1, -0.05) is 263 Å². The maximum absolute atomic E-state index is 5.90. The summed E-state index contributed by atoms with van der Waals surface area (Å²) < 4.78 is 0. The van der Waals surface area contributed by atoms with Gasteiger partial charge in [0.1, 0.15) is 11.0 Å². The molecule has 0 unspecified atom stereocenters. The summed E-state index contributed by atoms with van der Waals surface area (Å²) in [6, 6.07) is 71.1. The fourth-order valence-electron chi connectivity index (χ4n) is 10.4. The molecule has 0 amide bonds. The highest BCUT2D eigenvalue weighted by atomic mass is 32.2. The Morgan fingerprint density at radius 1 is 0.266 bits per heavy atom. The first-order valence-electron chi connectivity index (χ1n) is 21.6. The number of rotatable bonds is 4. The van der Waals surface area contributed by atoms with E-state index in [0.29, 0.717) is 0 Å². The van der Waals surface area contributed by atoms with Gasteiger partial charge in [0, 0.05) is 29.4 Å². The van der Waals surface area contributed by atoms with Crippen LogP contribution in [-0.4, -0.2) is 23.4 Å². The molecule has 0 saturated carbocycles. The van der Waals surface area contributed by atoms with E-state index in [1.165, 1.54) is 107 Å². The normalized spacial score (nSPS) is 13.6. The van der Waals surface area contributed by atoms with E-state index in [4.69, 9.17) is 9.97 Å². The molecule has 4 aliphatic rings. The second-order valence-corrected chi connectivity index (χ2v) is 20.7. The minimum atomic E-state index is -0.000198. The lowest BCUT2D eigenvalue weighted by Crippen LogP contribution is -2.59. The van der Waals surface area contributed by atoms with Crippen molar-refractivity contribution < 1.29 is 0 Å². The Morgan fingerprint density at radius 2 is 0.547 bits per heavy atom. The number of nitrogens with zero attached hydrogens (tertiary/aromatic N) is 2. The van der Waals surface area contributed by atoms with Crippen molar-refractivity contribution in [1.82, 2.24) is 9.97 Å². The molecule has 2 aromatic heterocycles. The smallest absolute Gasteiger partial charge is 0.239 e. The zero-order valence-corrected chi connectivity index (χ0v) is 37.4. The Balaban J connectivity index is 1.08. The molecular weight excluding hydrogens is 851 g/mol. The van der Waals surface area contributed by atoms with Gasteiger partial charge < -0.3 is 0 Å². The quantitative estimate of drug-likeness (QED) is 0.163. The molecule has 0 aliphatic carbocycles. The first-order chi connectivity index (χ1) is 31.8. The second-order valence-electron chi connectivity index (χ2n) is 16.7. The molecule has 14 rings (SSSR count). The van der Waals surface area contributed by atoms with Crippen LogP contribution in [0.2, 0.25) is 0 Å². The molecule has 0 radical (unpaired) electrons. The molecular formula is C56H32B2N2S4. The summed E-state index contributed by atoms with van der Waals surface area (Å²) in [6.07, 6.45) is 0. The van der Waals surface area contributed by atoms with Crippen LogP contribution in [0.5, 0.6) is 0 Å². The molecule has 8 aromatic carbocycles. The van der Waals surface area contributed by atoms with Crippen LogP contribution in [0.1, 0.15) is 0 Å². The summed E-state index contributed by atoms with van der Waals surface area (Å²) in [5, 5.41) is 2.17. The number of pyridine rings is 2. The molecule has 0 atom stereocenters. The van der Waals surface area contributed by atoms with E-state index in [1.807, 2.05) is 47.0 Å². The Labute approximate surface area is 389 Å². The third kappa shape index (κ3) is 5.56. The highest BCUT2D eigenvalue weighted by Crippen LogP contribution is 2.50. The third-order valence-electron chi connectivity index (χ3n) is 13.2. The lowest BCUT2D eigenvalue weighted by atomic mass is 9.36. The largest absolute Gasteiger partial charge is 0.249 e. The molecule has 0 spiro atoms. The van der Waals surface area contributed by atoms with Gasteiger partial charge in [-0.15, -0.1) is 0 Å². The fraction of sp³-hybridized carbons (Fsp3) is 0. The Kier molecular flexibility index (Phi) is 8.55. The molecule has 6 heterocycles. The summed E-state index contributed by atoms with van der Waals surface area (Å²) in [5.41, 5.74) is 19.8. The Bertz CT molecular complexity index is 3310. The van der Waals surface area contributed by atoms with Crippen LogP contribution in [0.4, 0.5) is 0 Å². The van der Waals surface area contributed by atoms with Crippen LogP contribution >= 0.6 is 47.0 Å². The molecule has 10 aromatic rings. The van der Waals surface area contributed by atoms with Crippen LogP contribution in [0.25, 0.3) is 55.5 Å². The molecule has 4 aliphatic heterocycles. The third-order valence-corrected chi connectivity index (χ3v) is 18.1. The van der Waals surface area contributed by atoms with Gasteiger partial charge in [-0.05, 0) is 55.4 Å². The first-order valence-corrected chi connectivity index (χ1v) is 24.9. The average molecular weight is 883 g/mol. The lowest BCUT2D eigenvalue weighted by molar-refractivity contribution is 1.09. The van der Waals surface area contributed by atoms with Crippen molar-refractivity contribution in [3.63, 3.8) is 0 Å². The van der Waals surface area contributed by atoms with Crippen molar-refractivity contribution >= 4 is 104 Å². The van der Waals surface area contributed by atoms with Gasteiger partial charge in [-0.3, -0.25) is 0 Å². The number of hydrogen-bond donors (Lipinski definition) is 0. The van der Waals surface area contributed by atoms with E-state index >= 15 is 0 Å². The number of fused-ring (bicyclic) bond motifs is 11. The maximum atomic E-state index is 5.90. The van der Waals surface area contributed by atoms with E-state index in [1.54, 1.807) is 0 Å². The SMILES string of the molecule is c1ccc(-c2cccc3c2Sc2nc4c5c6c(nc4c4c2B3c2cccc(-c3ccccc3)c2S4)Sc2c(cccc2-c2ccccc2)B6c2cccc(-c3ccccc3)c2S5)cc1. The number of benzene rings is 8. The Morgan fingerprint density at radius 3 is 0.844 bits per heavy atom. The van der Waals surface area contributed by atoms with Crippen molar-refractivity contribution in [3.8, 4) is 44.5 Å². The zero-order chi connectivity index (χ0) is 41.9. The molecule has 0 bridgehead atoms. The predicted octanol–water partition coefficient (Wildman–Crippen LogP) is 11.2. The van der Waals surface area contributed by atoms with Gasteiger partial charge in [-0.2, -0.15) is 0 Å². The molecule has 2 nitrogen and oxygen atoms in total. The van der Waals surface area contributed by atoms with Crippen LogP contribution in [0, 0.1) is 0 Å². The summed E-state index contributed by atoms with van der Waals surface area (Å²) in [5.74, 6) is 0. The van der Waals surface area contributed by atoms with Crippen molar-refractivity contribution in [2.75, 3.05) is 0 Å². The zero-order valence-electron chi connectivity index (χ0n) is 34.2. The highest BCUT2D eigenvalue weighted by Gasteiger charge is 2.45. The average Bonchev–Trinajstić information content (AvgIpc) is 3.36. The van der Waals surface area contributed by atoms with Crippen LogP contribution < -0.4 is 32.8 Å². The maximum Gasteiger partial charge on any atom is 0.249 e. The van der Waals surface area contributed by atoms with Crippen molar-refractivity contribution in [1.29, 1.82) is 0 Å². The van der Waals surface area contributed by atoms with Gasteiger partial charge in [0.2, 0.25) is 13.4 Å². The minimum Gasteiger partial charge on any atom is -0.239 e. The number of aromatic nitrogens is 2. The highest BCUT2D eigenvalue weighted by molar-refractivity contribution is 8.02. The van der Waals surface area contributed by atoms with E-state index in [9.17, 15) is 0 Å². The van der Waals surface area contributed by atoms with Gasteiger partial charge in [0.05, 0.1) is 10.1 Å². The van der Waals surface area contributed by atoms with Gasteiger partial charge in [0.25, 0.3) is 0 Å². The Hall–Kier alpha value is -6.15. The number of hydrogen-bond acceptors (Lipinski definition) is 6. The van der Waals surface area contributed by atoms with Crippen molar-refractivity contribution in [2.45, 2.75) is 39.4 Å². The van der Waals surface area contributed by atoms with Crippen LogP contribution in [-0.2, 0) is 0 Å². The van der Waals surface area contributed by atoms with E-state index in [-0.39, 0.29) is 13.4 Å².